The summed E-state index contributed by atoms with van der Waals surface area (Å²) in [7, 11) is 3.27. The lowest BCUT2D eigenvalue weighted by Gasteiger charge is -2.29. The summed E-state index contributed by atoms with van der Waals surface area (Å²) in [6, 6.07) is 12.0. The van der Waals surface area contributed by atoms with Gasteiger partial charge >= 0.3 is 0 Å². The minimum atomic E-state index is 0.154. The Bertz CT molecular complexity index is 781. The molecule has 0 spiro atoms. The molecule has 0 radical (unpaired) electrons. The number of thioether (sulfide) groups is 1. The topological polar surface area (TPSA) is 38.8 Å². The number of carbonyl (C=O) groups excluding carboxylic acids is 1. The molecule has 1 heterocycles. The number of methoxy groups -OCH3 is 2. The van der Waals surface area contributed by atoms with E-state index in [0.717, 1.165) is 33.6 Å². The van der Waals surface area contributed by atoms with Gasteiger partial charge in [-0.3, -0.25) is 4.79 Å². The first-order valence-corrected chi connectivity index (χ1v) is 9.79. The lowest BCUT2D eigenvalue weighted by atomic mass is 9.99. The van der Waals surface area contributed by atoms with Crippen molar-refractivity contribution in [1.29, 1.82) is 0 Å². The molecule has 0 aromatic heterocycles. The van der Waals surface area contributed by atoms with E-state index in [-0.39, 0.29) is 5.91 Å². The van der Waals surface area contributed by atoms with Crippen LogP contribution in [0.4, 0.5) is 0 Å². The molecule has 25 heavy (non-hydrogen) atoms. The van der Waals surface area contributed by atoms with Gasteiger partial charge in [0.25, 0.3) is 0 Å². The molecule has 1 amide bonds. The van der Waals surface area contributed by atoms with Crippen LogP contribution in [0.3, 0.4) is 0 Å². The van der Waals surface area contributed by atoms with Gasteiger partial charge in [-0.1, -0.05) is 12.1 Å². The van der Waals surface area contributed by atoms with Gasteiger partial charge in [-0.25, -0.2) is 0 Å². The number of benzene rings is 2. The van der Waals surface area contributed by atoms with Crippen molar-refractivity contribution >= 4 is 33.6 Å². The first-order chi connectivity index (χ1) is 12.1. The number of nitrogens with zero attached hydrogens (tertiary/aromatic N) is 1. The molecule has 0 saturated carbocycles. The van der Waals surface area contributed by atoms with E-state index in [9.17, 15) is 4.79 Å². The van der Waals surface area contributed by atoms with Crippen LogP contribution in [0.15, 0.2) is 45.8 Å². The predicted molar refractivity (Wildman–Crippen MR) is 104 cm³/mol. The fourth-order valence-corrected chi connectivity index (χ4v) is 4.36. The number of fused-ring (bicyclic) bond motifs is 1. The second-order valence-corrected chi connectivity index (χ2v) is 7.63. The number of rotatable bonds is 5. The molecule has 1 aliphatic rings. The molecular formula is C19H20BrNO3S. The average Bonchev–Trinajstić information content (AvgIpc) is 2.65. The quantitative estimate of drug-likeness (QED) is 0.679. The van der Waals surface area contributed by atoms with Crippen LogP contribution >= 0.6 is 27.7 Å². The molecule has 6 heteroatoms. The van der Waals surface area contributed by atoms with Gasteiger partial charge in [-0.05, 0) is 57.7 Å². The van der Waals surface area contributed by atoms with E-state index in [2.05, 4.69) is 15.9 Å². The lowest BCUT2D eigenvalue weighted by molar-refractivity contribution is -0.129. The lowest BCUT2D eigenvalue weighted by Crippen LogP contribution is -2.37. The Morgan fingerprint density at radius 3 is 2.52 bits per heavy atom. The SMILES string of the molecule is COc1cc2c(cc1OC)CN(C(=O)CSc1ccccc1Br)CC2. The average molecular weight is 422 g/mol. The van der Waals surface area contributed by atoms with Crippen molar-refractivity contribution in [3.8, 4) is 11.5 Å². The van der Waals surface area contributed by atoms with E-state index in [1.165, 1.54) is 5.56 Å². The summed E-state index contributed by atoms with van der Waals surface area (Å²) in [6.45, 7) is 1.35. The summed E-state index contributed by atoms with van der Waals surface area (Å²) in [5.74, 6) is 2.04. The molecule has 132 valence electrons. The fourth-order valence-electron chi connectivity index (χ4n) is 2.89. The maximum atomic E-state index is 12.6. The second-order valence-electron chi connectivity index (χ2n) is 5.76. The summed E-state index contributed by atoms with van der Waals surface area (Å²) in [5, 5.41) is 0. The van der Waals surface area contributed by atoms with E-state index < -0.39 is 0 Å². The van der Waals surface area contributed by atoms with Crippen molar-refractivity contribution < 1.29 is 14.3 Å². The van der Waals surface area contributed by atoms with Crippen molar-refractivity contribution in [1.82, 2.24) is 4.90 Å². The van der Waals surface area contributed by atoms with Crippen LogP contribution in [0.2, 0.25) is 0 Å². The van der Waals surface area contributed by atoms with Gasteiger partial charge in [0.05, 0.1) is 20.0 Å². The van der Waals surface area contributed by atoms with Gasteiger partial charge in [0, 0.05) is 22.5 Å². The van der Waals surface area contributed by atoms with E-state index in [4.69, 9.17) is 9.47 Å². The molecule has 0 N–H and O–H groups in total. The predicted octanol–water partition coefficient (Wildman–Crippen LogP) is 4.14. The number of halogens is 1. The van der Waals surface area contributed by atoms with Gasteiger partial charge in [0.15, 0.2) is 11.5 Å². The highest BCUT2D eigenvalue weighted by Gasteiger charge is 2.23. The Kier molecular flexibility index (Phi) is 5.91. The van der Waals surface area contributed by atoms with Gasteiger partial charge in [0.1, 0.15) is 0 Å². The highest BCUT2D eigenvalue weighted by Crippen LogP contribution is 2.33. The molecular weight excluding hydrogens is 402 g/mol. The van der Waals surface area contributed by atoms with Crippen LogP contribution < -0.4 is 9.47 Å². The highest BCUT2D eigenvalue weighted by atomic mass is 79.9. The Balaban J connectivity index is 1.67. The van der Waals surface area contributed by atoms with E-state index in [0.29, 0.717) is 18.0 Å². The van der Waals surface area contributed by atoms with Gasteiger partial charge < -0.3 is 14.4 Å². The number of hydrogen-bond acceptors (Lipinski definition) is 4. The minimum Gasteiger partial charge on any atom is -0.493 e. The fraction of sp³-hybridized carbons (Fsp3) is 0.316. The van der Waals surface area contributed by atoms with Gasteiger partial charge in [-0.15, -0.1) is 11.8 Å². The summed E-state index contributed by atoms with van der Waals surface area (Å²) >= 11 is 5.08. The maximum absolute atomic E-state index is 12.6. The van der Waals surface area contributed by atoms with E-state index in [1.54, 1.807) is 26.0 Å². The van der Waals surface area contributed by atoms with Crippen LogP contribution in [0.1, 0.15) is 11.1 Å². The maximum Gasteiger partial charge on any atom is 0.233 e. The molecule has 2 aromatic carbocycles. The molecule has 0 bridgehead atoms. The van der Waals surface area contributed by atoms with Crippen molar-refractivity contribution in [2.24, 2.45) is 0 Å². The molecule has 1 aliphatic heterocycles. The van der Waals surface area contributed by atoms with Crippen LogP contribution in [0, 0.1) is 0 Å². The Hall–Kier alpha value is -1.66. The molecule has 0 saturated heterocycles. The number of amides is 1. The molecule has 0 unspecified atom stereocenters. The summed E-state index contributed by atoms with van der Waals surface area (Å²) in [5.41, 5.74) is 2.35. The van der Waals surface area contributed by atoms with Crippen molar-refractivity contribution in [2.75, 3.05) is 26.5 Å². The van der Waals surface area contributed by atoms with Crippen LogP contribution in [-0.4, -0.2) is 37.3 Å². The number of ether oxygens (including phenoxy) is 2. The second kappa shape index (κ2) is 8.15. The number of hydrogen-bond donors (Lipinski definition) is 0. The van der Waals surface area contributed by atoms with E-state index >= 15 is 0 Å². The largest absolute Gasteiger partial charge is 0.493 e. The van der Waals surface area contributed by atoms with Gasteiger partial charge in [-0.2, -0.15) is 0 Å². The van der Waals surface area contributed by atoms with Crippen molar-refractivity contribution in [2.45, 2.75) is 17.9 Å². The molecule has 3 rings (SSSR count). The first kappa shape index (κ1) is 18.1. The Morgan fingerprint density at radius 2 is 1.84 bits per heavy atom. The zero-order chi connectivity index (χ0) is 17.8. The van der Waals surface area contributed by atoms with Crippen LogP contribution in [-0.2, 0) is 17.8 Å². The Labute approximate surface area is 160 Å². The van der Waals surface area contributed by atoms with E-state index in [1.807, 2.05) is 41.3 Å². The molecule has 0 fully saturated rings. The third kappa shape index (κ3) is 4.12. The first-order valence-electron chi connectivity index (χ1n) is 8.01. The Morgan fingerprint density at radius 1 is 1.16 bits per heavy atom. The number of carbonyl (C=O) groups is 1. The monoisotopic (exact) mass is 421 g/mol. The summed E-state index contributed by atoms with van der Waals surface area (Å²) in [4.78, 5) is 15.6. The van der Waals surface area contributed by atoms with Gasteiger partial charge in [0.2, 0.25) is 5.91 Å². The van der Waals surface area contributed by atoms with Crippen LogP contribution in [0.25, 0.3) is 0 Å². The standard InChI is InChI=1S/C19H20BrNO3S/c1-23-16-9-13-7-8-21(11-14(13)10-17(16)24-2)19(22)12-25-18-6-4-3-5-15(18)20/h3-6,9-10H,7-8,11-12H2,1-2H3. The summed E-state index contributed by atoms with van der Waals surface area (Å²) in [6.07, 6.45) is 0.834. The summed E-state index contributed by atoms with van der Waals surface area (Å²) < 4.78 is 11.8. The normalized spacial score (nSPS) is 13.3. The highest BCUT2D eigenvalue weighted by molar-refractivity contribution is 9.10. The van der Waals surface area contributed by atoms with Crippen molar-refractivity contribution in [3.05, 3.63) is 52.0 Å². The third-order valence-electron chi connectivity index (χ3n) is 4.26. The minimum absolute atomic E-state index is 0.154. The third-order valence-corrected chi connectivity index (χ3v) is 6.27. The smallest absolute Gasteiger partial charge is 0.233 e. The molecule has 0 atom stereocenters. The molecule has 2 aromatic rings. The van der Waals surface area contributed by atoms with Crippen LogP contribution in [0.5, 0.6) is 11.5 Å². The molecule has 4 nitrogen and oxygen atoms in total. The van der Waals surface area contributed by atoms with Crippen molar-refractivity contribution in [3.63, 3.8) is 0 Å². The molecule has 0 aliphatic carbocycles. The zero-order valence-electron chi connectivity index (χ0n) is 14.3. The zero-order valence-corrected chi connectivity index (χ0v) is 16.7.